The highest BCUT2D eigenvalue weighted by Gasteiger charge is 2.09. The van der Waals surface area contributed by atoms with Crippen LogP contribution in [0.3, 0.4) is 0 Å². The highest BCUT2D eigenvalue weighted by atomic mass is 16.5. The molecule has 0 N–H and O–H groups in total. The van der Waals surface area contributed by atoms with E-state index >= 15 is 0 Å². The zero-order valence-corrected chi connectivity index (χ0v) is 30.9. The predicted molar refractivity (Wildman–Crippen MR) is 205 cm³/mol. The summed E-state index contributed by atoms with van der Waals surface area (Å²) in [6.07, 6.45) is 23.9. The minimum Gasteiger partial charge on any atom is -0.496 e. The lowest BCUT2D eigenvalue weighted by molar-refractivity contribution is 0.302. The van der Waals surface area contributed by atoms with E-state index in [1.54, 1.807) is 7.11 Å². The van der Waals surface area contributed by atoms with Crippen LogP contribution in [0.2, 0.25) is 0 Å². The second-order valence-electron chi connectivity index (χ2n) is 13.3. The molecule has 0 spiro atoms. The van der Waals surface area contributed by atoms with Crippen molar-refractivity contribution >= 4 is 24.3 Å². The number of ether oxygens (including phenoxy) is 3. The third kappa shape index (κ3) is 12.6. The van der Waals surface area contributed by atoms with E-state index in [2.05, 4.69) is 109 Å². The summed E-state index contributed by atoms with van der Waals surface area (Å²) in [4.78, 5) is 0. The Morgan fingerprint density at radius 1 is 0.404 bits per heavy atom. The molecule has 3 aromatic rings. The van der Waals surface area contributed by atoms with Gasteiger partial charge in [0.25, 0.3) is 0 Å². The van der Waals surface area contributed by atoms with Crippen molar-refractivity contribution in [2.75, 3.05) is 20.3 Å². The Hall–Kier alpha value is -3.46. The van der Waals surface area contributed by atoms with E-state index < -0.39 is 0 Å². The van der Waals surface area contributed by atoms with E-state index in [1.165, 1.54) is 97.6 Å². The number of aryl methyl sites for hydroxylation is 5. The summed E-state index contributed by atoms with van der Waals surface area (Å²) in [5.41, 5.74) is 10.6. The van der Waals surface area contributed by atoms with Crippen LogP contribution in [0.1, 0.15) is 141 Å². The van der Waals surface area contributed by atoms with Crippen LogP contribution in [0.4, 0.5) is 0 Å². The third-order valence-corrected chi connectivity index (χ3v) is 9.20. The number of methoxy groups -OCH3 is 1. The van der Waals surface area contributed by atoms with Crippen molar-refractivity contribution in [3.8, 4) is 17.2 Å². The zero-order valence-electron chi connectivity index (χ0n) is 30.9. The van der Waals surface area contributed by atoms with E-state index in [4.69, 9.17) is 14.2 Å². The van der Waals surface area contributed by atoms with Crippen LogP contribution in [-0.4, -0.2) is 20.3 Å². The fourth-order valence-electron chi connectivity index (χ4n) is 5.95. The van der Waals surface area contributed by atoms with E-state index in [9.17, 15) is 0 Å². The molecule has 0 saturated heterocycles. The van der Waals surface area contributed by atoms with Crippen molar-refractivity contribution < 1.29 is 14.2 Å². The Labute approximate surface area is 287 Å². The molecule has 0 amide bonds. The van der Waals surface area contributed by atoms with Gasteiger partial charge in [-0.2, -0.15) is 0 Å². The Morgan fingerprint density at radius 3 is 1.40 bits per heavy atom. The van der Waals surface area contributed by atoms with Gasteiger partial charge in [0.05, 0.1) is 20.3 Å². The molecule has 0 aliphatic rings. The van der Waals surface area contributed by atoms with Gasteiger partial charge in [-0.1, -0.05) is 108 Å². The molecule has 47 heavy (non-hydrogen) atoms. The summed E-state index contributed by atoms with van der Waals surface area (Å²) < 4.78 is 18.4. The fourth-order valence-corrected chi connectivity index (χ4v) is 5.95. The van der Waals surface area contributed by atoms with Crippen LogP contribution < -0.4 is 14.2 Å². The number of hydrogen-bond donors (Lipinski definition) is 0. The Balaban J connectivity index is 1.72. The summed E-state index contributed by atoms with van der Waals surface area (Å²) in [6, 6.07) is 13.2. The van der Waals surface area contributed by atoms with Gasteiger partial charge in [-0.3, -0.25) is 0 Å². The largest absolute Gasteiger partial charge is 0.496 e. The van der Waals surface area contributed by atoms with Gasteiger partial charge in [0.1, 0.15) is 17.2 Å². The second-order valence-corrected chi connectivity index (χ2v) is 13.3. The van der Waals surface area contributed by atoms with Crippen molar-refractivity contribution in [1.29, 1.82) is 0 Å². The number of unbranched alkanes of at least 4 members (excludes halogenated alkanes) is 10. The molecule has 0 bridgehead atoms. The van der Waals surface area contributed by atoms with Crippen LogP contribution >= 0.6 is 0 Å². The van der Waals surface area contributed by atoms with Crippen molar-refractivity contribution in [2.24, 2.45) is 0 Å². The summed E-state index contributed by atoms with van der Waals surface area (Å²) in [5, 5.41) is 0. The van der Waals surface area contributed by atoms with Crippen molar-refractivity contribution in [3.05, 3.63) is 86.5 Å². The monoisotopic (exact) mass is 638 g/mol. The highest BCUT2D eigenvalue weighted by Crippen LogP contribution is 2.31. The number of hydrogen-bond acceptors (Lipinski definition) is 3. The molecule has 3 aromatic carbocycles. The molecule has 0 unspecified atom stereocenters. The minimum absolute atomic E-state index is 0.760. The smallest absolute Gasteiger partial charge is 0.126 e. The minimum atomic E-state index is 0.760. The first kappa shape index (κ1) is 38.0. The standard InChI is InChI=1S/C44H62O3/c1-9-11-13-15-17-19-25-46-42-31-38(35(5)27-37(42)7)21-23-40-29-36(6)39(32-43(40)45-8)22-24-41-28-33(3)34(4)30-44(41)47-26-20-18-16-14-12-10-2/h21-24,27-32H,9-20,25-26H2,1-8H3/b23-21+,24-22+. The maximum atomic E-state index is 6.31. The summed E-state index contributed by atoms with van der Waals surface area (Å²) in [7, 11) is 1.75. The lowest BCUT2D eigenvalue weighted by Gasteiger charge is -2.13. The van der Waals surface area contributed by atoms with Crippen LogP contribution in [-0.2, 0) is 0 Å². The maximum absolute atomic E-state index is 6.31. The van der Waals surface area contributed by atoms with Gasteiger partial charge in [0, 0.05) is 11.1 Å². The van der Waals surface area contributed by atoms with Crippen molar-refractivity contribution in [3.63, 3.8) is 0 Å². The first-order chi connectivity index (χ1) is 22.8. The van der Waals surface area contributed by atoms with E-state index in [-0.39, 0.29) is 0 Å². The molecule has 256 valence electrons. The summed E-state index contributed by atoms with van der Waals surface area (Å²) in [5.74, 6) is 2.80. The zero-order chi connectivity index (χ0) is 34.0. The molecule has 3 nitrogen and oxygen atoms in total. The van der Waals surface area contributed by atoms with Crippen LogP contribution in [0.5, 0.6) is 17.2 Å². The van der Waals surface area contributed by atoms with Crippen molar-refractivity contribution in [2.45, 2.75) is 126 Å². The van der Waals surface area contributed by atoms with Gasteiger partial charge in [0.2, 0.25) is 0 Å². The Bertz CT molecular complexity index is 1450. The quantitative estimate of drug-likeness (QED) is 0.0858. The molecule has 3 rings (SSSR count). The van der Waals surface area contributed by atoms with Gasteiger partial charge >= 0.3 is 0 Å². The predicted octanol–water partition coefficient (Wildman–Crippen LogP) is 13.1. The molecular formula is C44H62O3. The topological polar surface area (TPSA) is 27.7 Å². The molecule has 0 aromatic heterocycles. The molecule has 0 aliphatic carbocycles. The summed E-state index contributed by atoms with van der Waals surface area (Å²) >= 11 is 0. The molecule has 0 radical (unpaired) electrons. The van der Waals surface area contributed by atoms with Gasteiger partial charge in [-0.05, 0) is 117 Å². The molecule has 0 atom stereocenters. The number of benzene rings is 3. The second kappa shape index (κ2) is 20.7. The van der Waals surface area contributed by atoms with Crippen LogP contribution in [0.25, 0.3) is 24.3 Å². The molecule has 0 aliphatic heterocycles. The first-order valence-electron chi connectivity index (χ1n) is 18.3. The molecule has 0 heterocycles. The number of rotatable bonds is 21. The third-order valence-electron chi connectivity index (χ3n) is 9.20. The lowest BCUT2D eigenvalue weighted by atomic mass is 9.99. The average Bonchev–Trinajstić information content (AvgIpc) is 3.05. The van der Waals surface area contributed by atoms with E-state index in [1.807, 2.05) is 0 Å². The molecular weight excluding hydrogens is 576 g/mol. The highest BCUT2D eigenvalue weighted by molar-refractivity contribution is 5.79. The van der Waals surface area contributed by atoms with E-state index in [0.29, 0.717) is 0 Å². The summed E-state index contributed by atoms with van der Waals surface area (Å²) in [6.45, 7) is 16.8. The molecule has 0 fully saturated rings. The Kier molecular flexibility index (Phi) is 16.7. The van der Waals surface area contributed by atoms with Crippen LogP contribution in [0, 0.1) is 34.6 Å². The lowest BCUT2D eigenvalue weighted by Crippen LogP contribution is -2.00. The Morgan fingerprint density at radius 2 is 0.830 bits per heavy atom. The normalized spacial score (nSPS) is 11.6. The van der Waals surface area contributed by atoms with Gasteiger partial charge < -0.3 is 14.2 Å². The molecule has 0 saturated carbocycles. The maximum Gasteiger partial charge on any atom is 0.126 e. The van der Waals surface area contributed by atoms with E-state index in [0.717, 1.165) is 60.0 Å². The van der Waals surface area contributed by atoms with Crippen molar-refractivity contribution in [1.82, 2.24) is 0 Å². The van der Waals surface area contributed by atoms with Gasteiger partial charge in [-0.25, -0.2) is 0 Å². The fraction of sp³-hybridized carbons (Fsp3) is 0.500. The van der Waals surface area contributed by atoms with Crippen LogP contribution in [0.15, 0.2) is 36.4 Å². The first-order valence-corrected chi connectivity index (χ1v) is 18.3. The van der Waals surface area contributed by atoms with Gasteiger partial charge in [0.15, 0.2) is 0 Å². The van der Waals surface area contributed by atoms with Gasteiger partial charge in [-0.15, -0.1) is 0 Å². The molecule has 3 heteroatoms. The SMILES string of the molecule is CCCCCCCCOc1cc(/C=C/c2cc(C)c(/C=C/c3cc(C)c(C)cc3OCCCCCCCC)cc2OC)c(C)cc1C. The average molecular weight is 639 g/mol.